The maximum Gasteiger partial charge on any atom is 0.224 e. The number of amides is 1. The second-order valence-electron chi connectivity index (χ2n) is 8.34. The van der Waals surface area contributed by atoms with Gasteiger partial charge in [-0.25, -0.2) is 12.7 Å². The van der Waals surface area contributed by atoms with Crippen LogP contribution in [0.15, 0.2) is 36.4 Å². The third-order valence-electron chi connectivity index (χ3n) is 5.91. The smallest absolute Gasteiger partial charge is 0.224 e. The van der Waals surface area contributed by atoms with Gasteiger partial charge in [-0.1, -0.05) is 35.3 Å². The molecule has 0 spiro atoms. The number of nitrogens with one attached hydrogen (secondary N) is 1. The van der Waals surface area contributed by atoms with Gasteiger partial charge >= 0.3 is 0 Å². The van der Waals surface area contributed by atoms with E-state index in [1.165, 1.54) is 4.31 Å². The summed E-state index contributed by atoms with van der Waals surface area (Å²) in [5.41, 5.74) is 1.45. The summed E-state index contributed by atoms with van der Waals surface area (Å²) in [7, 11) is -3.60. The first-order chi connectivity index (χ1) is 15.7. The summed E-state index contributed by atoms with van der Waals surface area (Å²) in [6.45, 7) is 3.45. The number of benzene rings is 2. The van der Waals surface area contributed by atoms with E-state index in [0.717, 1.165) is 5.56 Å². The predicted octanol–water partition coefficient (Wildman–Crippen LogP) is 4.18. The van der Waals surface area contributed by atoms with Crippen molar-refractivity contribution < 1.29 is 22.7 Å². The number of halogens is 2. The summed E-state index contributed by atoms with van der Waals surface area (Å²) >= 11 is 11.9. The lowest BCUT2D eigenvalue weighted by Crippen LogP contribution is -2.46. The van der Waals surface area contributed by atoms with E-state index in [2.05, 4.69) is 5.32 Å². The first-order valence-corrected chi connectivity index (χ1v) is 13.2. The third-order valence-corrected chi connectivity index (χ3v) is 8.46. The molecule has 0 radical (unpaired) electrons. The number of ether oxygens (including phenoxy) is 2. The van der Waals surface area contributed by atoms with Crippen LogP contribution in [0.3, 0.4) is 0 Å². The van der Waals surface area contributed by atoms with Crippen LogP contribution in [0, 0.1) is 5.92 Å². The number of hydrogen-bond donors (Lipinski definition) is 1. The number of sulfonamides is 1. The molecule has 2 atom stereocenters. The monoisotopic (exact) mass is 512 g/mol. The summed E-state index contributed by atoms with van der Waals surface area (Å²) < 4.78 is 38.6. The lowest BCUT2D eigenvalue weighted by molar-refractivity contribution is -0.126. The van der Waals surface area contributed by atoms with E-state index in [0.29, 0.717) is 59.7 Å². The van der Waals surface area contributed by atoms with E-state index in [4.69, 9.17) is 32.7 Å². The van der Waals surface area contributed by atoms with Gasteiger partial charge in [0.25, 0.3) is 0 Å². The van der Waals surface area contributed by atoms with Crippen molar-refractivity contribution in [2.75, 3.05) is 26.3 Å². The van der Waals surface area contributed by atoms with Crippen LogP contribution in [0.2, 0.25) is 10.0 Å². The molecule has 0 aromatic heterocycles. The number of carbonyl (C=O) groups excluding carboxylic acids is 1. The van der Waals surface area contributed by atoms with Crippen molar-refractivity contribution in [3.63, 3.8) is 0 Å². The predicted molar refractivity (Wildman–Crippen MR) is 127 cm³/mol. The molecule has 0 unspecified atom stereocenters. The molecule has 33 heavy (non-hydrogen) atoms. The maximum absolute atomic E-state index is 13.0. The molecule has 1 fully saturated rings. The van der Waals surface area contributed by atoms with Crippen molar-refractivity contribution in [2.24, 2.45) is 5.92 Å². The lowest BCUT2D eigenvalue weighted by atomic mass is 9.97. The van der Waals surface area contributed by atoms with Gasteiger partial charge < -0.3 is 14.8 Å². The average Bonchev–Trinajstić information content (AvgIpc) is 2.81. The highest BCUT2D eigenvalue weighted by Gasteiger charge is 2.33. The van der Waals surface area contributed by atoms with E-state index < -0.39 is 15.9 Å². The van der Waals surface area contributed by atoms with Crippen LogP contribution in [0.25, 0.3) is 0 Å². The molecule has 7 nitrogen and oxygen atoms in total. The second-order valence-corrected chi connectivity index (χ2v) is 11.1. The van der Waals surface area contributed by atoms with Crippen molar-refractivity contribution in [3.8, 4) is 11.5 Å². The molecule has 1 saturated heterocycles. The molecule has 4 rings (SSSR count). The molecule has 2 aliphatic heterocycles. The molecule has 2 aromatic carbocycles. The van der Waals surface area contributed by atoms with E-state index in [-0.39, 0.29) is 24.2 Å². The topological polar surface area (TPSA) is 84.9 Å². The summed E-state index contributed by atoms with van der Waals surface area (Å²) in [5.74, 6) is 0.593. The normalized spacial score (nSPS) is 19.7. The SMILES string of the molecule is C[C@@H](NC(=O)[C@H]1CCCN(S(=O)(=O)Cc2ccc(Cl)c(Cl)c2)C1)c1ccc2c(c1)OCCO2. The molecule has 2 aromatic rings. The van der Waals surface area contributed by atoms with Crippen LogP contribution in [-0.2, 0) is 20.6 Å². The highest BCUT2D eigenvalue weighted by atomic mass is 35.5. The quantitative estimate of drug-likeness (QED) is 0.627. The number of piperidine rings is 1. The zero-order valence-corrected chi connectivity index (χ0v) is 20.5. The Labute approximate surface area is 204 Å². The van der Waals surface area contributed by atoms with Gasteiger partial charge in [-0.2, -0.15) is 0 Å². The zero-order chi connectivity index (χ0) is 23.6. The number of hydrogen-bond acceptors (Lipinski definition) is 5. The Morgan fingerprint density at radius 2 is 1.88 bits per heavy atom. The highest BCUT2D eigenvalue weighted by molar-refractivity contribution is 7.88. The molecular formula is C23H26Cl2N2O5S. The first-order valence-electron chi connectivity index (χ1n) is 10.8. The first kappa shape index (κ1) is 24.1. The minimum atomic E-state index is -3.60. The molecular weight excluding hydrogens is 487 g/mol. The number of fused-ring (bicyclic) bond motifs is 1. The fourth-order valence-electron chi connectivity index (χ4n) is 4.08. The number of nitrogens with zero attached hydrogens (tertiary/aromatic N) is 1. The molecule has 2 heterocycles. The summed E-state index contributed by atoms with van der Waals surface area (Å²) in [6.07, 6.45) is 1.26. The van der Waals surface area contributed by atoms with E-state index in [1.807, 2.05) is 25.1 Å². The van der Waals surface area contributed by atoms with E-state index in [9.17, 15) is 13.2 Å². The summed E-state index contributed by atoms with van der Waals surface area (Å²) in [5, 5.41) is 3.71. The van der Waals surface area contributed by atoms with Crippen molar-refractivity contribution in [2.45, 2.75) is 31.6 Å². The molecule has 2 aliphatic rings. The Morgan fingerprint density at radius 3 is 2.64 bits per heavy atom. The van der Waals surface area contributed by atoms with Crippen molar-refractivity contribution in [1.29, 1.82) is 0 Å². The Hall–Kier alpha value is -2.00. The van der Waals surface area contributed by atoms with Gasteiger partial charge in [0.2, 0.25) is 15.9 Å². The van der Waals surface area contributed by atoms with Crippen LogP contribution < -0.4 is 14.8 Å². The Balaban J connectivity index is 1.39. The van der Waals surface area contributed by atoms with Crippen molar-refractivity contribution in [3.05, 3.63) is 57.6 Å². The van der Waals surface area contributed by atoms with Gasteiger partial charge in [-0.05, 0) is 55.2 Å². The zero-order valence-electron chi connectivity index (χ0n) is 18.2. The van der Waals surface area contributed by atoms with E-state index in [1.54, 1.807) is 18.2 Å². The Bertz CT molecular complexity index is 1140. The van der Waals surface area contributed by atoms with Crippen molar-refractivity contribution in [1.82, 2.24) is 9.62 Å². The molecule has 0 aliphatic carbocycles. The molecule has 1 amide bonds. The minimum Gasteiger partial charge on any atom is -0.486 e. The minimum absolute atomic E-state index is 0.156. The van der Waals surface area contributed by atoms with Crippen LogP contribution in [-0.4, -0.2) is 44.9 Å². The Morgan fingerprint density at radius 1 is 1.12 bits per heavy atom. The Kier molecular flexibility index (Phi) is 7.38. The molecule has 10 heteroatoms. The number of rotatable bonds is 6. The standard InChI is InChI=1S/C23H26Cl2N2O5S/c1-15(17-5-7-21-22(12-17)32-10-9-31-21)26-23(28)18-3-2-8-27(13-18)33(29,30)14-16-4-6-19(24)20(25)11-16/h4-7,11-12,15,18H,2-3,8-10,13-14H2,1H3,(H,26,28)/t15-,18+/m1/s1. The second kappa shape index (κ2) is 10.1. The van der Waals surface area contributed by atoms with Gasteiger partial charge in [0.1, 0.15) is 13.2 Å². The fourth-order valence-corrected chi connectivity index (χ4v) is 6.00. The molecule has 0 saturated carbocycles. The van der Waals surface area contributed by atoms with E-state index >= 15 is 0 Å². The van der Waals surface area contributed by atoms with Gasteiger partial charge in [-0.3, -0.25) is 4.79 Å². The average molecular weight is 513 g/mol. The summed E-state index contributed by atoms with van der Waals surface area (Å²) in [4.78, 5) is 13.0. The molecule has 0 bridgehead atoms. The maximum atomic E-state index is 13.0. The largest absolute Gasteiger partial charge is 0.486 e. The molecule has 1 N–H and O–H groups in total. The molecule has 178 valence electrons. The van der Waals surface area contributed by atoms with Crippen LogP contribution in [0.4, 0.5) is 0 Å². The van der Waals surface area contributed by atoms with Crippen LogP contribution >= 0.6 is 23.2 Å². The van der Waals surface area contributed by atoms with Crippen LogP contribution in [0.1, 0.15) is 36.9 Å². The number of carbonyl (C=O) groups is 1. The van der Waals surface area contributed by atoms with Gasteiger partial charge in [0, 0.05) is 13.1 Å². The van der Waals surface area contributed by atoms with Crippen molar-refractivity contribution >= 4 is 39.1 Å². The van der Waals surface area contributed by atoms with Gasteiger partial charge in [0.15, 0.2) is 11.5 Å². The van der Waals surface area contributed by atoms with Gasteiger partial charge in [0.05, 0.1) is 27.8 Å². The third kappa shape index (κ3) is 5.74. The van der Waals surface area contributed by atoms with Gasteiger partial charge in [-0.15, -0.1) is 0 Å². The lowest BCUT2D eigenvalue weighted by Gasteiger charge is -2.32. The summed E-state index contributed by atoms with van der Waals surface area (Å²) in [6, 6.07) is 10.1. The van der Waals surface area contributed by atoms with Crippen LogP contribution in [0.5, 0.6) is 11.5 Å². The fraction of sp³-hybridized carbons (Fsp3) is 0.435. The highest BCUT2D eigenvalue weighted by Crippen LogP contribution is 2.33.